The molecule has 0 atom stereocenters. The molecule has 0 bridgehead atoms. The van der Waals surface area contributed by atoms with Crippen molar-refractivity contribution in [2.45, 2.75) is 19.4 Å². The van der Waals surface area contributed by atoms with Crippen LogP contribution in [0.2, 0.25) is 0 Å². The van der Waals surface area contributed by atoms with E-state index in [1.807, 2.05) is 32.0 Å². The van der Waals surface area contributed by atoms with Crippen molar-refractivity contribution < 1.29 is 8.42 Å². The Kier molecular flexibility index (Phi) is 2.90. The van der Waals surface area contributed by atoms with Crippen molar-refractivity contribution in [3.63, 3.8) is 0 Å². The molecule has 0 saturated heterocycles. The lowest BCUT2D eigenvalue weighted by Crippen LogP contribution is -2.54. The number of hydrogen-bond acceptors (Lipinski definition) is 3. The molecule has 0 radical (unpaired) electrons. The van der Waals surface area contributed by atoms with Crippen LogP contribution in [0.4, 0.5) is 11.4 Å². The number of benzene rings is 1. The number of rotatable bonds is 1. The van der Waals surface area contributed by atoms with E-state index in [1.54, 1.807) is 0 Å². The largest absolute Gasteiger partial charge is 0.381 e. The van der Waals surface area contributed by atoms with Gasteiger partial charge >= 0.3 is 0 Å². The van der Waals surface area contributed by atoms with Gasteiger partial charge in [-0.3, -0.25) is 4.31 Å². The smallest absolute Gasteiger partial charge is 0.232 e. The van der Waals surface area contributed by atoms with E-state index in [1.165, 1.54) is 10.6 Å². The Morgan fingerprint density at radius 2 is 2.06 bits per heavy atom. The van der Waals surface area contributed by atoms with Gasteiger partial charge in [0.1, 0.15) is 0 Å². The normalized spacial score (nSPS) is 18.5. The average Bonchev–Trinajstić information content (AvgIpc) is 2.15. The molecule has 1 aromatic carbocycles. The van der Waals surface area contributed by atoms with Crippen molar-refractivity contribution in [1.29, 1.82) is 0 Å². The number of nitrogens with zero attached hydrogens (tertiary/aromatic N) is 1. The number of hydrogen-bond donors (Lipinski definition) is 1. The Morgan fingerprint density at radius 1 is 1.41 bits per heavy atom. The van der Waals surface area contributed by atoms with E-state index in [0.29, 0.717) is 12.2 Å². The van der Waals surface area contributed by atoms with E-state index >= 15 is 0 Å². The number of sulfonamides is 1. The van der Waals surface area contributed by atoms with Crippen molar-refractivity contribution >= 4 is 37.3 Å². The average molecular weight is 319 g/mol. The summed E-state index contributed by atoms with van der Waals surface area (Å²) in [6.07, 6.45) is 1.24. The standard InChI is InChI=1S/C11H15BrN2O2S/c1-11(2)7-13-9-6-8(12)4-5-10(9)14(11)17(3,15)16/h4-6,13H,7H2,1-3H3. The van der Waals surface area contributed by atoms with Crippen LogP contribution in [0.25, 0.3) is 0 Å². The molecule has 1 aromatic rings. The van der Waals surface area contributed by atoms with Gasteiger partial charge in [-0.15, -0.1) is 0 Å². The Balaban J connectivity index is 2.64. The summed E-state index contributed by atoms with van der Waals surface area (Å²) in [5, 5.41) is 3.26. The topological polar surface area (TPSA) is 49.4 Å². The second kappa shape index (κ2) is 3.88. The molecule has 17 heavy (non-hydrogen) atoms. The van der Waals surface area contributed by atoms with Gasteiger partial charge in [-0.2, -0.15) is 0 Å². The Bertz CT molecular complexity index is 555. The van der Waals surface area contributed by atoms with Gasteiger partial charge in [-0.1, -0.05) is 15.9 Å². The summed E-state index contributed by atoms with van der Waals surface area (Å²) in [5.74, 6) is 0. The molecular formula is C11H15BrN2O2S. The number of fused-ring (bicyclic) bond motifs is 1. The quantitative estimate of drug-likeness (QED) is 0.865. The van der Waals surface area contributed by atoms with E-state index in [2.05, 4.69) is 21.2 Å². The van der Waals surface area contributed by atoms with Crippen molar-refractivity contribution in [2.24, 2.45) is 0 Å². The number of halogens is 1. The highest BCUT2D eigenvalue weighted by Gasteiger charge is 2.38. The van der Waals surface area contributed by atoms with Gasteiger partial charge in [-0.25, -0.2) is 8.42 Å². The van der Waals surface area contributed by atoms with Crippen LogP contribution in [0.3, 0.4) is 0 Å². The molecule has 0 aliphatic carbocycles. The fourth-order valence-corrected chi connectivity index (χ4v) is 4.00. The van der Waals surface area contributed by atoms with E-state index in [-0.39, 0.29) is 0 Å². The first-order valence-corrected chi connectivity index (χ1v) is 7.90. The first-order valence-electron chi connectivity index (χ1n) is 5.26. The Labute approximate surface area is 110 Å². The van der Waals surface area contributed by atoms with E-state index in [4.69, 9.17) is 0 Å². The zero-order valence-electron chi connectivity index (χ0n) is 9.99. The molecule has 4 nitrogen and oxygen atoms in total. The zero-order valence-corrected chi connectivity index (χ0v) is 12.4. The molecule has 1 heterocycles. The second-order valence-electron chi connectivity index (χ2n) is 4.85. The highest BCUT2D eigenvalue weighted by atomic mass is 79.9. The highest BCUT2D eigenvalue weighted by Crippen LogP contribution is 2.39. The summed E-state index contributed by atoms with van der Waals surface area (Å²) in [4.78, 5) is 0. The molecule has 1 N–H and O–H groups in total. The molecular weight excluding hydrogens is 304 g/mol. The predicted molar refractivity (Wildman–Crippen MR) is 74.0 cm³/mol. The van der Waals surface area contributed by atoms with Crippen LogP contribution in [0.5, 0.6) is 0 Å². The molecule has 0 unspecified atom stereocenters. The van der Waals surface area contributed by atoms with Gasteiger partial charge < -0.3 is 5.32 Å². The minimum atomic E-state index is -3.28. The summed E-state index contributed by atoms with van der Waals surface area (Å²) in [6.45, 7) is 4.40. The molecule has 1 aliphatic heterocycles. The van der Waals surface area contributed by atoms with Crippen molar-refractivity contribution in [2.75, 3.05) is 22.4 Å². The fraction of sp³-hybridized carbons (Fsp3) is 0.455. The third kappa shape index (κ3) is 2.28. The van der Waals surface area contributed by atoms with Crippen LogP contribution < -0.4 is 9.62 Å². The first kappa shape index (κ1) is 12.7. The van der Waals surface area contributed by atoms with Crippen LogP contribution in [0.1, 0.15) is 13.8 Å². The minimum absolute atomic E-state index is 0.464. The SMILES string of the molecule is CC1(C)CNc2cc(Br)ccc2N1S(C)(=O)=O. The lowest BCUT2D eigenvalue weighted by molar-refractivity contribution is 0.514. The molecule has 1 aliphatic rings. The molecule has 2 rings (SSSR count). The Hall–Kier alpha value is -0.750. The maximum absolute atomic E-state index is 11.9. The summed E-state index contributed by atoms with van der Waals surface area (Å²) < 4.78 is 26.3. The third-order valence-corrected chi connectivity index (χ3v) is 4.62. The van der Waals surface area contributed by atoms with Crippen molar-refractivity contribution in [3.05, 3.63) is 22.7 Å². The molecule has 0 saturated carbocycles. The van der Waals surface area contributed by atoms with Gasteiger partial charge in [0.25, 0.3) is 0 Å². The summed E-state index contributed by atoms with van der Waals surface area (Å²) in [5.41, 5.74) is 1.07. The maximum atomic E-state index is 11.9. The van der Waals surface area contributed by atoms with Crippen LogP contribution >= 0.6 is 15.9 Å². The summed E-state index contributed by atoms with van der Waals surface area (Å²) in [7, 11) is -3.28. The summed E-state index contributed by atoms with van der Waals surface area (Å²) >= 11 is 3.38. The van der Waals surface area contributed by atoms with Gasteiger partial charge in [0.15, 0.2) is 0 Å². The van der Waals surface area contributed by atoms with Gasteiger partial charge in [0.05, 0.1) is 23.2 Å². The lowest BCUT2D eigenvalue weighted by atomic mass is 10.0. The maximum Gasteiger partial charge on any atom is 0.232 e. The Morgan fingerprint density at radius 3 is 2.65 bits per heavy atom. The van der Waals surface area contributed by atoms with Crippen LogP contribution in [-0.4, -0.2) is 26.8 Å². The first-order chi connectivity index (χ1) is 7.72. The van der Waals surface area contributed by atoms with E-state index < -0.39 is 15.6 Å². The van der Waals surface area contributed by atoms with E-state index in [0.717, 1.165) is 10.2 Å². The van der Waals surface area contributed by atoms with Crippen LogP contribution in [0, 0.1) is 0 Å². The van der Waals surface area contributed by atoms with Crippen molar-refractivity contribution in [3.8, 4) is 0 Å². The fourth-order valence-electron chi connectivity index (χ4n) is 2.16. The molecule has 94 valence electrons. The van der Waals surface area contributed by atoms with Crippen molar-refractivity contribution in [1.82, 2.24) is 0 Å². The molecule has 0 spiro atoms. The number of nitrogens with one attached hydrogen (secondary N) is 1. The molecule has 0 aromatic heterocycles. The monoisotopic (exact) mass is 318 g/mol. The van der Waals surface area contributed by atoms with Gasteiger partial charge in [0.2, 0.25) is 10.0 Å². The van der Waals surface area contributed by atoms with Crippen LogP contribution in [-0.2, 0) is 10.0 Å². The molecule has 0 fully saturated rings. The van der Waals surface area contributed by atoms with Gasteiger partial charge in [0, 0.05) is 11.0 Å². The third-order valence-electron chi connectivity index (χ3n) is 2.77. The highest BCUT2D eigenvalue weighted by molar-refractivity contribution is 9.10. The van der Waals surface area contributed by atoms with Gasteiger partial charge in [-0.05, 0) is 32.0 Å². The predicted octanol–water partition coefficient (Wildman–Crippen LogP) is 2.42. The molecule has 0 amide bonds. The van der Waals surface area contributed by atoms with E-state index in [9.17, 15) is 8.42 Å². The molecule has 6 heteroatoms. The second-order valence-corrected chi connectivity index (χ2v) is 7.60. The number of anilines is 2. The zero-order chi connectivity index (χ0) is 12.8. The van der Waals surface area contributed by atoms with Crippen LogP contribution in [0.15, 0.2) is 22.7 Å². The lowest BCUT2D eigenvalue weighted by Gasteiger charge is -2.43. The minimum Gasteiger partial charge on any atom is -0.381 e. The summed E-state index contributed by atoms with van der Waals surface area (Å²) in [6, 6.07) is 5.55.